The minimum atomic E-state index is -1.71. The van der Waals surface area contributed by atoms with Crippen LogP contribution in [0.5, 0.6) is 23.0 Å². The fourth-order valence-corrected chi connectivity index (χ4v) is 4.96. The van der Waals surface area contributed by atoms with Crippen molar-refractivity contribution in [1.29, 1.82) is 0 Å². The Balaban J connectivity index is 1.49. The number of aliphatic hydroxyl groups excluding tert-OH is 4. The lowest BCUT2D eigenvalue weighted by Gasteiger charge is -2.46. The van der Waals surface area contributed by atoms with Gasteiger partial charge in [-0.3, -0.25) is 4.79 Å². The fourth-order valence-electron chi connectivity index (χ4n) is 4.96. The Hall–Kier alpha value is -4.00. The number of hydrogen-bond acceptors (Lipinski definition) is 16. The molecule has 2 aromatic rings. The van der Waals surface area contributed by atoms with Gasteiger partial charge in [0, 0.05) is 13.0 Å². The van der Waals surface area contributed by atoms with Crippen LogP contribution in [0, 0.1) is 0 Å². The van der Waals surface area contributed by atoms with Crippen LogP contribution >= 0.6 is 0 Å². The Morgan fingerprint density at radius 2 is 1.49 bits per heavy atom. The molecule has 2 saturated heterocycles. The van der Waals surface area contributed by atoms with E-state index in [9.17, 15) is 50.4 Å². The Morgan fingerprint density at radius 1 is 0.809 bits per heavy atom. The first-order valence-electron chi connectivity index (χ1n) is 14.6. The van der Waals surface area contributed by atoms with Crippen molar-refractivity contribution >= 4 is 18.0 Å². The number of phenolic OH excluding ortho intramolecular Hbond substituents is 4. The number of phenols is 4. The third-order valence-electron chi connectivity index (χ3n) is 7.53. The van der Waals surface area contributed by atoms with Crippen molar-refractivity contribution in [3.8, 4) is 23.0 Å². The van der Waals surface area contributed by atoms with Crippen molar-refractivity contribution in [2.45, 2.75) is 81.7 Å². The molecule has 4 rings (SSSR count). The van der Waals surface area contributed by atoms with Crippen molar-refractivity contribution in [1.82, 2.24) is 0 Å². The predicted octanol–water partition coefficient (Wildman–Crippen LogP) is -0.445. The summed E-state index contributed by atoms with van der Waals surface area (Å²) in [6, 6.07) is 8.02. The molecule has 47 heavy (non-hydrogen) atoms. The standard InChI is InChI=1S/C31H38O16/c1-14-24(38)26(40)29(45-15(2)32)31(44-14)47-28-25(39)22(13-43-23(37)8-5-16-3-6-18(33)20(35)11-16)46-30(27(28)41)42-10-9-17-4-7-19(34)21(36)12-17/h3-8,11-12,14,22,24-31,33-36,38-41H,9-10,13H2,1-2H3/t14-,22+,24-,25+,26+,27+,28-,29+,30+,31-/m0/s1. The van der Waals surface area contributed by atoms with E-state index in [4.69, 9.17) is 28.4 Å². The third-order valence-corrected chi connectivity index (χ3v) is 7.53. The second-order valence-electron chi connectivity index (χ2n) is 11.0. The van der Waals surface area contributed by atoms with Crippen molar-refractivity contribution in [2.24, 2.45) is 0 Å². The lowest BCUT2D eigenvalue weighted by molar-refractivity contribution is -0.357. The van der Waals surface area contributed by atoms with E-state index in [2.05, 4.69) is 0 Å². The summed E-state index contributed by atoms with van der Waals surface area (Å²) in [5.74, 6) is -3.11. The number of hydrogen-bond donors (Lipinski definition) is 8. The molecule has 8 N–H and O–H groups in total. The van der Waals surface area contributed by atoms with Crippen LogP contribution in [0.1, 0.15) is 25.0 Å². The van der Waals surface area contributed by atoms with E-state index in [0.29, 0.717) is 11.1 Å². The van der Waals surface area contributed by atoms with E-state index in [1.54, 1.807) is 0 Å². The van der Waals surface area contributed by atoms with Gasteiger partial charge in [0.1, 0.15) is 43.2 Å². The second-order valence-corrected chi connectivity index (χ2v) is 11.0. The number of carbonyl (C=O) groups excluding carboxylic acids is 2. The maximum absolute atomic E-state index is 12.5. The van der Waals surface area contributed by atoms with Crippen molar-refractivity contribution < 1.29 is 78.9 Å². The molecule has 258 valence electrons. The second kappa shape index (κ2) is 15.7. The maximum Gasteiger partial charge on any atom is 0.330 e. The summed E-state index contributed by atoms with van der Waals surface area (Å²) in [4.78, 5) is 24.2. The van der Waals surface area contributed by atoms with Gasteiger partial charge in [0.05, 0.1) is 12.7 Å². The lowest BCUT2D eigenvalue weighted by atomic mass is 9.97. The summed E-state index contributed by atoms with van der Waals surface area (Å²) in [6.07, 6.45) is -12.6. The predicted molar refractivity (Wildman–Crippen MR) is 157 cm³/mol. The zero-order valence-corrected chi connectivity index (χ0v) is 25.4. The molecule has 2 aromatic carbocycles. The number of carbonyl (C=O) groups is 2. The molecule has 16 heteroatoms. The molecular weight excluding hydrogens is 628 g/mol. The third kappa shape index (κ3) is 9.09. The Bertz CT molecular complexity index is 1410. The van der Waals surface area contributed by atoms with Crippen molar-refractivity contribution in [3.63, 3.8) is 0 Å². The van der Waals surface area contributed by atoms with E-state index in [1.807, 2.05) is 0 Å². The van der Waals surface area contributed by atoms with E-state index < -0.39 is 85.7 Å². The molecule has 0 unspecified atom stereocenters. The van der Waals surface area contributed by atoms with Crippen LogP contribution in [0.25, 0.3) is 6.08 Å². The summed E-state index contributed by atoms with van der Waals surface area (Å²) in [7, 11) is 0. The highest BCUT2D eigenvalue weighted by Gasteiger charge is 2.52. The van der Waals surface area contributed by atoms with Gasteiger partial charge in [-0.05, 0) is 54.8 Å². The smallest absolute Gasteiger partial charge is 0.330 e. The molecule has 0 amide bonds. The van der Waals surface area contributed by atoms with Crippen LogP contribution in [0.4, 0.5) is 0 Å². The number of aromatic hydroxyl groups is 4. The Morgan fingerprint density at radius 3 is 2.15 bits per heavy atom. The maximum atomic E-state index is 12.5. The number of ether oxygens (including phenoxy) is 6. The minimum absolute atomic E-state index is 0.0958. The van der Waals surface area contributed by atoms with Gasteiger partial charge in [0.25, 0.3) is 0 Å². The van der Waals surface area contributed by atoms with E-state index >= 15 is 0 Å². The van der Waals surface area contributed by atoms with Gasteiger partial charge in [-0.15, -0.1) is 0 Å². The van der Waals surface area contributed by atoms with Gasteiger partial charge in [-0.25, -0.2) is 4.79 Å². The first kappa shape index (κ1) is 35.8. The van der Waals surface area contributed by atoms with Crippen LogP contribution in [0.3, 0.4) is 0 Å². The monoisotopic (exact) mass is 666 g/mol. The van der Waals surface area contributed by atoms with E-state index in [0.717, 1.165) is 13.0 Å². The Labute approximate surface area is 268 Å². The van der Waals surface area contributed by atoms with Crippen LogP contribution in [-0.4, -0.2) is 127 Å². The summed E-state index contributed by atoms with van der Waals surface area (Å²) in [6.45, 7) is 1.82. The van der Waals surface area contributed by atoms with Gasteiger partial charge >= 0.3 is 11.9 Å². The van der Waals surface area contributed by atoms with Gasteiger partial charge in [-0.1, -0.05) is 12.1 Å². The lowest BCUT2D eigenvalue weighted by Crippen LogP contribution is -2.64. The average molecular weight is 667 g/mol. The highest BCUT2D eigenvalue weighted by molar-refractivity contribution is 5.87. The quantitative estimate of drug-likeness (QED) is 0.0859. The van der Waals surface area contributed by atoms with Gasteiger partial charge in [0.2, 0.25) is 0 Å². The summed E-state index contributed by atoms with van der Waals surface area (Å²) >= 11 is 0. The molecule has 2 aliphatic rings. The SMILES string of the molecule is CC(=O)O[C@H]1[C@H](O[C@@H]2[C@@H](O)[C@H](OCCc3ccc(O)c(O)c3)O[C@H](COC(=O)C=Cc3ccc(O)c(O)c3)[C@H]2O)O[C@@H](C)[C@H](O)[C@H]1O. The summed E-state index contributed by atoms with van der Waals surface area (Å²) < 4.78 is 33.3. The largest absolute Gasteiger partial charge is 0.504 e. The zero-order chi connectivity index (χ0) is 34.4. The summed E-state index contributed by atoms with van der Waals surface area (Å²) in [5.41, 5.74) is 0.938. The molecule has 16 nitrogen and oxygen atoms in total. The molecule has 2 fully saturated rings. The first-order chi connectivity index (χ1) is 22.2. The molecule has 0 aromatic heterocycles. The van der Waals surface area contributed by atoms with Gasteiger partial charge in [-0.2, -0.15) is 0 Å². The molecule has 0 saturated carbocycles. The highest BCUT2D eigenvalue weighted by atomic mass is 16.7. The number of aliphatic hydroxyl groups is 4. The van der Waals surface area contributed by atoms with Crippen molar-refractivity contribution in [2.75, 3.05) is 13.2 Å². The molecule has 2 heterocycles. The average Bonchev–Trinajstić information content (AvgIpc) is 3.02. The fraction of sp³-hybridized carbons (Fsp3) is 0.484. The van der Waals surface area contributed by atoms with Crippen LogP contribution in [0.2, 0.25) is 0 Å². The van der Waals surface area contributed by atoms with Crippen molar-refractivity contribution in [3.05, 3.63) is 53.6 Å². The molecule has 10 atom stereocenters. The van der Waals surface area contributed by atoms with Gasteiger partial charge in [0.15, 0.2) is 41.7 Å². The molecular formula is C31H38O16. The number of esters is 2. The number of benzene rings is 2. The van der Waals surface area contributed by atoms with E-state index in [1.165, 1.54) is 49.4 Å². The zero-order valence-electron chi connectivity index (χ0n) is 25.4. The highest BCUT2D eigenvalue weighted by Crippen LogP contribution is 2.32. The van der Waals surface area contributed by atoms with Crippen LogP contribution in [-0.2, 0) is 44.4 Å². The molecule has 0 spiro atoms. The summed E-state index contributed by atoms with van der Waals surface area (Å²) in [5, 5.41) is 81.6. The Kier molecular flexibility index (Phi) is 12.0. The minimum Gasteiger partial charge on any atom is -0.504 e. The number of rotatable bonds is 11. The van der Waals surface area contributed by atoms with E-state index in [-0.39, 0.29) is 30.3 Å². The van der Waals surface area contributed by atoms with Crippen LogP contribution < -0.4 is 0 Å². The topological polar surface area (TPSA) is 251 Å². The molecule has 2 aliphatic heterocycles. The normalized spacial score (nSPS) is 31.0. The first-order valence-corrected chi connectivity index (χ1v) is 14.6. The van der Waals surface area contributed by atoms with Gasteiger partial charge < -0.3 is 69.3 Å². The van der Waals surface area contributed by atoms with Crippen LogP contribution in [0.15, 0.2) is 42.5 Å². The molecule has 0 bridgehead atoms. The molecule has 0 aliphatic carbocycles. The molecule has 0 radical (unpaired) electrons.